The fourth-order valence-corrected chi connectivity index (χ4v) is 8.71. The van der Waals surface area contributed by atoms with E-state index in [9.17, 15) is 9.59 Å². The van der Waals surface area contributed by atoms with E-state index in [-0.39, 0.29) is 25.2 Å². The van der Waals surface area contributed by atoms with Crippen molar-refractivity contribution in [1.29, 1.82) is 0 Å². The zero-order valence-electron chi connectivity index (χ0n) is 46.8. The number of hydrogen-bond acceptors (Lipinski definition) is 5. The van der Waals surface area contributed by atoms with Gasteiger partial charge in [-0.3, -0.25) is 9.59 Å². The molecule has 5 nitrogen and oxygen atoms in total. The van der Waals surface area contributed by atoms with Gasteiger partial charge in [-0.15, -0.1) is 0 Å². The molecular formula is C65H116O5. The number of allylic oxidation sites excluding steroid dienone is 12. The Balaban J connectivity index is 4.30. The molecule has 0 aromatic carbocycles. The minimum absolute atomic E-state index is 0.0753. The van der Waals surface area contributed by atoms with Crippen LogP contribution in [-0.2, 0) is 23.8 Å². The summed E-state index contributed by atoms with van der Waals surface area (Å²) in [5.41, 5.74) is 0. The first-order valence-electron chi connectivity index (χ1n) is 30.5. The Morgan fingerprint density at radius 3 is 1.06 bits per heavy atom. The van der Waals surface area contributed by atoms with Gasteiger partial charge in [0.2, 0.25) is 0 Å². The van der Waals surface area contributed by atoms with Crippen molar-refractivity contribution in [3.63, 3.8) is 0 Å². The molecule has 0 aromatic rings. The molecule has 0 amide bonds. The zero-order valence-corrected chi connectivity index (χ0v) is 46.8. The molecule has 0 aliphatic heterocycles. The molecule has 0 aliphatic carbocycles. The minimum Gasteiger partial charge on any atom is -0.462 e. The van der Waals surface area contributed by atoms with Crippen molar-refractivity contribution in [2.24, 2.45) is 0 Å². The van der Waals surface area contributed by atoms with Gasteiger partial charge in [0.1, 0.15) is 6.61 Å². The summed E-state index contributed by atoms with van der Waals surface area (Å²) in [6.45, 7) is 7.69. The average Bonchev–Trinajstić information content (AvgIpc) is 3.36. The first-order valence-corrected chi connectivity index (χ1v) is 30.5. The second-order valence-corrected chi connectivity index (χ2v) is 20.2. The summed E-state index contributed by atoms with van der Waals surface area (Å²) in [5.74, 6) is -0.404. The third-order valence-corrected chi connectivity index (χ3v) is 13.2. The van der Waals surface area contributed by atoms with E-state index in [4.69, 9.17) is 14.2 Å². The van der Waals surface area contributed by atoms with E-state index in [0.717, 1.165) is 83.5 Å². The van der Waals surface area contributed by atoms with Crippen molar-refractivity contribution in [2.45, 2.75) is 309 Å². The number of esters is 2. The lowest BCUT2D eigenvalue weighted by Gasteiger charge is -2.18. The molecule has 0 aliphatic rings. The molecule has 0 saturated heterocycles. The fraction of sp³-hybridized carbons (Fsp3) is 0.785. The topological polar surface area (TPSA) is 61.8 Å². The van der Waals surface area contributed by atoms with Crippen molar-refractivity contribution in [1.82, 2.24) is 0 Å². The van der Waals surface area contributed by atoms with Crippen molar-refractivity contribution in [2.75, 3.05) is 19.8 Å². The van der Waals surface area contributed by atoms with Crippen LogP contribution in [0.5, 0.6) is 0 Å². The number of rotatable bonds is 56. The molecule has 0 bridgehead atoms. The molecule has 5 heteroatoms. The summed E-state index contributed by atoms with van der Waals surface area (Å²) in [6.07, 6.45) is 79.3. The van der Waals surface area contributed by atoms with Gasteiger partial charge >= 0.3 is 11.9 Å². The fourth-order valence-electron chi connectivity index (χ4n) is 8.71. The molecule has 0 heterocycles. The van der Waals surface area contributed by atoms with Crippen LogP contribution in [0.3, 0.4) is 0 Å². The predicted molar refractivity (Wildman–Crippen MR) is 307 cm³/mol. The number of hydrogen-bond donors (Lipinski definition) is 0. The lowest BCUT2D eigenvalue weighted by Crippen LogP contribution is -2.30. The highest BCUT2D eigenvalue weighted by molar-refractivity contribution is 5.70. The lowest BCUT2D eigenvalue weighted by molar-refractivity contribution is -0.163. The van der Waals surface area contributed by atoms with E-state index in [1.54, 1.807) is 0 Å². The van der Waals surface area contributed by atoms with E-state index < -0.39 is 6.10 Å². The standard InChI is InChI=1S/C65H116O5/c1-4-7-10-13-16-19-22-25-28-31-33-35-37-40-43-46-49-52-55-58-64(66)69-62-63(61-68-60-57-54-51-48-45-42-39-36-32-29-26-23-20-17-14-11-8-5-2)70-65(67)59-56-53-50-47-44-41-38-34-30-27-24-21-18-15-12-9-6-3/h8,11,17-18,20-21,26-27,29-30,36,39,63H,4-7,9-10,12-16,19,22-25,28,31-35,37-38,40-62H2,1-3H3/b11-8-,20-17-,21-18-,29-26-,30-27-,39-36-. The van der Waals surface area contributed by atoms with Gasteiger partial charge in [-0.2, -0.15) is 0 Å². The van der Waals surface area contributed by atoms with Crippen LogP contribution in [0.4, 0.5) is 0 Å². The largest absolute Gasteiger partial charge is 0.462 e. The number of carbonyl (C=O) groups excluding carboxylic acids is 2. The second-order valence-electron chi connectivity index (χ2n) is 20.2. The van der Waals surface area contributed by atoms with Crippen LogP contribution in [-0.4, -0.2) is 37.9 Å². The van der Waals surface area contributed by atoms with E-state index in [2.05, 4.69) is 93.7 Å². The van der Waals surface area contributed by atoms with Crippen molar-refractivity contribution < 1.29 is 23.8 Å². The van der Waals surface area contributed by atoms with E-state index >= 15 is 0 Å². The maximum atomic E-state index is 12.9. The molecule has 1 atom stereocenters. The van der Waals surface area contributed by atoms with Gasteiger partial charge in [-0.25, -0.2) is 0 Å². The van der Waals surface area contributed by atoms with Crippen LogP contribution >= 0.6 is 0 Å². The van der Waals surface area contributed by atoms with E-state index in [1.807, 2.05) is 0 Å². The molecule has 0 radical (unpaired) electrons. The summed E-state index contributed by atoms with van der Waals surface area (Å²) in [5, 5.41) is 0. The zero-order chi connectivity index (χ0) is 50.6. The quantitative estimate of drug-likeness (QED) is 0.0345. The van der Waals surface area contributed by atoms with Gasteiger partial charge in [0, 0.05) is 19.4 Å². The van der Waals surface area contributed by atoms with Gasteiger partial charge in [0.05, 0.1) is 6.61 Å². The summed E-state index contributed by atoms with van der Waals surface area (Å²) in [7, 11) is 0. The van der Waals surface area contributed by atoms with Crippen molar-refractivity contribution in [3.05, 3.63) is 72.9 Å². The first kappa shape index (κ1) is 67.3. The number of carbonyl (C=O) groups is 2. The van der Waals surface area contributed by atoms with E-state index in [0.29, 0.717) is 19.4 Å². The van der Waals surface area contributed by atoms with Gasteiger partial charge in [-0.1, -0.05) is 273 Å². The van der Waals surface area contributed by atoms with Crippen LogP contribution in [0.25, 0.3) is 0 Å². The number of unbranched alkanes of at least 4 members (excludes halogenated alkanes) is 33. The molecule has 0 fully saturated rings. The summed E-state index contributed by atoms with van der Waals surface area (Å²) in [6, 6.07) is 0. The SMILES string of the molecule is CC/C=C\C/C=C\C/C=C\C/C=C\CCCCCCCOCC(COC(=O)CCCCCCCCCCCCCCCCCCCCC)OC(=O)CCCCCCCCC/C=C\C/C=C\CCCCC. The predicted octanol–water partition coefficient (Wildman–Crippen LogP) is 21.0. The second kappa shape index (κ2) is 60.6. The smallest absolute Gasteiger partial charge is 0.306 e. The van der Waals surface area contributed by atoms with Gasteiger partial charge < -0.3 is 14.2 Å². The van der Waals surface area contributed by atoms with E-state index in [1.165, 1.54) is 186 Å². The average molecular weight is 978 g/mol. The van der Waals surface area contributed by atoms with Crippen LogP contribution in [0.2, 0.25) is 0 Å². The highest BCUT2D eigenvalue weighted by Crippen LogP contribution is 2.16. The van der Waals surface area contributed by atoms with Crippen LogP contribution in [0.1, 0.15) is 303 Å². The highest BCUT2D eigenvalue weighted by atomic mass is 16.6. The van der Waals surface area contributed by atoms with Crippen LogP contribution < -0.4 is 0 Å². The Bertz CT molecular complexity index is 1240. The summed E-state index contributed by atoms with van der Waals surface area (Å²) < 4.78 is 17.5. The molecular weight excluding hydrogens is 861 g/mol. The Morgan fingerprint density at radius 2 is 0.643 bits per heavy atom. The van der Waals surface area contributed by atoms with Gasteiger partial charge in [0.15, 0.2) is 6.10 Å². The molecule has 0 rings (SSSR count). The lowest BCUT2D eigenvalue weighted by atomic mass is 10.0. The van der Waals surface area contributed by atoms with Gasteiger partial charge in [-0.05, 0) is 89.9 Å². The summed E-state index contributed by atoms with van der Waals surface area (Å²) in [4.78, 5) is 25.6. The molecule has 0 saturated carbocycles. The Hall–Kier alpha value is -2.66. The van der Waals surface area contributed by atoms with Crippen LogP contribution in [0.15, 0.2) is 72.9 Å². The monoisotopic (exact) mass is 977 g/mol. The maximum absolute atomic E-state index is 12.9. The third kappa shape index (κ3) is 57.9. The normalized spacial score (nSPS) is 12.7. The Morgan fingerprint density at radius 1 is 0.329 bits per heavy atom. The highest BCUT2D eigenvalue weighted by Gasteiger charge is 2.17. The molecule has 0 aromatic heterocycles. The molecule has 70 heavy (non-hydrogen) atoms. The molecule has 1 unspecified atom stereocenters. The van der Waals surface area contributed by atoms with Crippen LogP contribution in [0, 0.1) is 0 Å². The first-order chi connectivity index (χ1) is 34.6. The minimum atomic E-state index is -0.552. The molecule has 0 spiro atoms. The van der Waals surface area contributed by atoms with Crippen molar-refractivity contribution >= 4 is 11.9 Å². The third-order valence-electron chi connectivity index (χ3n) is 13.2. The summed E-state index contributed by atoms with van der Waals surface area (Å²) >= 11 is 0. The van der Waals surface area contributed by atoms with Gasteiger partial charge in [0.25, 0.3) is 0 Å². The maximum Gasteiger partial charge on any atom is 0.306 e. The Kier molecular flexibility index (Phi) is 58.3. The number of ether oxygens (including phenoxy) is 3. The molecule has 406 valence electrons. The molecule has 0 N–H and O–H groups in total. The Labute approximate surface area is 436 Å². The van der Waals surface area contributed by atoms with Crippen molar-refractivity contribution in [3.8, 4) is 0 Å².